The molecule has 0 unspecified atom stereocenters. The lowest BCUT2D eigenvalue weighted by atomic mass is 9.87. The Bertz CT molecular complexity index is 1190. The third-order valence-corrected chi connectivity index (χ3v) is 5.30. The lowest BCUT2D eigenvalue weighted by Crippen LogP contribution is -2.43. The van der Waals surface area contributed by atoms with Crippen LogP contribution in [0.4, 0.5) is 5.69 Å². The van der Waals surface area contributed by atoms with Crippen molar-refractivity contribution >= 4 is 23.4 Å². The molecule has 35 heavy (non-hydrogen) atoms. The summed E-state index contributed by atoms with van der Waals surface area (Å²) in [6.07, 6.45) is 0. The van der Waals surface area contributed by atoms with Gasteiger partial charge in [-0.2, -0.15) is 0 Å². The van der Waals surface area contributed by atoms with Gasteiger partial charge in [0.15, 0.2) is 6.61 Å². The predicted molar refractivity (Wildman–Crippen MR) is 137 cm³/mol. The minimum absolute atomic E-state index is 0.0120. The molecule has 0 saturated heterocycles. The van der Waals surface area contributed by atoms with Crippen molar-refractivity contribution in [3.05, 3.63) is 94.5 Å². The SMILES string of the molecule is Cc1cc(C)cc(OCC(=O)NNC(=O)c2ccc(NC(=O)c3ccc(C(C)(C)C)cc3)cc2)c1. The molecule has 0 saturated carbocycles. The molecular formula is C28H31N3O4. The second kappa shape index (κ2) is 10.9. The maximum Gasteiger partial charge on any atom is 0.276 e. The summed E-state index contributed by atoms with van der Waals surface area (Å²) < 4.78 is 5.48. The van der Waals surface area contributed by atoms with Crippen molar-refractivity contribution in [2.75, 3.05) is 11.9 Å². The molecule has 0 aromatic heterocycles. The van der Waals surface area contributed by atoms with Crippen LogP contribution in [0, 0.1) is 13.8 Å². The second-order valence-electron chi connectivity index (χ2n) is 9.47. The number of hydrogen-bond donors (Lipinski definition) is 3. The minimum atomic E-state index is -0.487. The van der Waals surface area contributed by atoms with Crippen LogP contribution in [0.25, 0.3) is 0 Å². The summed E-state index contributed by atoms with van der Waals surface area (Å²) in [5, 5.41) is 2.82. The van der Waals surface area contributed by atoms with E-state index in [4.69, 9.17) is 4.74 Å². The summed E-state index contributed by atoms with van der Waals surface area (Å²) >= 11 is 0. The number of benzene rings is 3. The van der Waals surface area contributed by atoms with E-state index in [0.717, 1.165) is 16.7 Å². The summed E-state index contributed by atoms with van der Waals surface area (Å²) in [5.41, 5.74) is 9.34. The summed E-state index contributed by atoms with van der Waals surface area (Å²) in [5.74, 6) is -0.621. The van der Waals surface area contributed by atoms with E-state index in [-0.39, 0.29) is 17.9 Å². The lowest BCUT2D eigenvalue weighted by Gasteiger charge is -2.19. The fourth-order valence-corrected chi connectivity index (χ4v) is 3.43. The van der Waals surface area contributed by atoms with Gasteiger partial charge in [0.25, 0.3) is 17.7 Å². The number of hydrogen-bond acceptors (Lipinski definition) is 4. The lowest BCUT2D eigenvalue weighted by molar-refractivity contribution is -0.123. The van der Waals surface area contributed by atoms with E-state index in [0.29, 0.717) is 22.6 Å². The predicted octanol–water partition coefficient (Wildman–Crippen LogP) is 4.69. The number of nitrogens with one attached hydrogen (secondary N) is 3. The first-order valence-corrected chi connectivity index (χ1v) is 11.3. The Kier molecular flexibility index (Phi) is 7.91. The van der Waals surface area contributed by atoms with Gasteiger partial charge in [0.1, 0.15) is 5.75 Å². The highest BCUT2D eigenvalue weighted by atomic mass is 16.5. The fraction of sp³-hybridized carbons (Fsp3) is 0.250. The maximum atomic E-state index is 12.5. The molecule has 0 aliphatic heterocycles. The Balaban J connectivity index is 1.48. The zero-order valence-electron chi connectivity index (χ0n) is 20.7. The molecule has 0 aliphatic carbocycles. The van der Waals surface area contributed by atoms with Gasteiger partial charge in [0.05, 0.1) is 0 Å². The normalized spacial score (nSPS) is 10.9. The van der Waals surface area contributed by atoms with E-state index in [2.05, 4.69) is 36.9 Å². The van der Waals surface area contributed by atoms with Gasteiger partial charge in [0, 0.05) is 16.8 Å². The van der Waals surface area contributed by atoms with Crippen LogP contribution in [0.3, 0.4) is 0 Å². The van der Waals surface area contributed by atoms with Gasteiger partial charge in [-0.05, 0) is 84.5 Å². The van der Waals surface area contributed by atoms with Crippen molar-refractivity contribution in [3.63, 3.8) is 0 Å². The minimum Gasteiger partial charge on any atom is -0.484 e. The molecule has 0 bridgehead atoms. The Hall–Kier alpha value is -4.13. The summed E-state index contributed by atoms with van der Waals surface area (Å²) in [6.45, 7) is 10.0. The van der Waals surface area contributed by atoms with Crippen LogP contribution in [-0.4, -0.2) is 24.3 Å². The smallest absolute Gasteiger partial charge is 0.276 e. The van der Waals surface area contributed by atoms with Gasteiger partial charge >= 0.3 is 0 Å². The van der Waals surface area contributed by atoms with Crippen LogP contribution in [0.15, 0.2) is 66.7 Å². The van der Waals surface area contributed by atoms with Gasteiger partial charge in [-0.15, -0.1) is 0 Å². The van der Waals surface area contributed by atoms with E-state index >= 15 is 0 Å². The molecule has 0 aliphatic rings. The number of rotatable bonds is 6. The van der Waals surface area contributed by atoms with Crippen molar-refractivity contribution in [1.29, 1.82) is 0 Å². The number of anilines is 1. The Morgan fingerprint density at radius 3 is 1.86 bits per heavy atom. The number of amides is 3. The third kappa shape index (κ3) is 7.43. The van der Waals surface area contributed by atoms with Gasteiger partial charge in [-0.1, -0.05) is 39.0 Å². The van der Waals surface area contributed by atoms with E-state index in [1.807, 2.05) is 44.2 Å². The zero-order chi connectivity index (χ0) is 25.6. The standard InChI is InChI=1S/C28H31N3O4/c1-18-14-19(2)16-24(15-18)35-17-25(32)30-31-27(34)21-8-12-23(13-9-21)29-26(33)20-6-10-22(11-7-20)28(3,4)5/h6-16H,17H2,1-5H3,(H,29,33)(H,30,32)(H,31,34). The first kappa shape index (κ1) is 25.5. The molecule has 3 rings (SSSR count). The highest BCUT2D eigenvalue weighted by molar-refractivity contribution is 6.04. The molecule has 3 aromatic carbocycles. The fourth-order valence-electron chi connectivity index (χ4n) is 3.43. The summed E-state index contributed by atoms with van der Waals surface area (Å²) in [4.78, 5) is 36.9. The molecular weight excluding hydrogens is 442 g/mol. The first-order valence-electron chi connectivity index (χ1n) is 11.3. The molecule has 3 N–H and O–H groups in total. The average molecular weight is 474 g/mol. The summed E-state index contributed by atoms with van der Waals surface area (Å²) in [6, 6.07) is 19.5. The molecule has 182 valence electrons. The molecule has 0 atom stereocenters. The van der Waals surface area contributed by atoms with Crippen LogP contribution in [0.2, 0.25) is 0 Å². The number of ether oxygens (including phenoxy) is 1. The van der Waals surface area contributed by atoms with Crippen molar-refractivity contribution in [2.24, 2.45) is 0 Å². The second-order valence-corrected chi connectivity index (χ2v) is 9.47. The van der Waals surface area contributed by atoms with Gasteiger partial charge in [-0.3, -0.25) is 25.2 Å². The van der Waals surface area contributed by atoms with E-state index < -0.39 is 11.8 Å². The van der Waals surface area contributed by atoms with Crippen molar-refractivity contribution in [2.45, 2.75) is 40.0 Å². The van der Waals surface area contributed by atoms with Gasteiger partial charge < -0.3 is 10.1 Å². The first-order chi connectivity index (χ1) is 16.5. The summed E-state index contributed by atoms with van der Waals surface area (Å²) in [7, 11) is 0. The molecule has 7 nitrogen and oxygen atoms in total. The quantitative estimate of drug-likeness (QED) is 0.453. The topological polar surface area (TPSA) is 96.5 Å². The van der Waals surface area contributed by atoms with Gasteiger partial charge in [0.2, 0.25) is 0 Å². The van der Waals surface area contributed by atoms with Crippen molar-refractivity contribution in [1.82, 2.24) is 10.9 Å². The Morgan fingerprint density at radius 2 is 1.29 bits per heavy atom. The van der Waals surface area contributed by atoms with Crippen LogP contribution >= 0.6 is 0 Å². The molecule has 0 fully saturated rings. The van der Waals surface area contributed by atoms with Crippen LogP contribution in [0.5, 0.6) is 5.75 Å². The molecule has 0 radical (unpaired) electrons. The van der Waals surface area contributed by atoms with E-state index in [1.54, 1.807) is 36.4 Å². The van der Waals surface area contributed by atoms with Gasteiger partial charge in [-0.25, -0.2) is 0 Å². The largest absolute Gasteiger partial charge is 0.484 e. The number of carbonyl (C=O) groups is 3. The highest BCUT2D eigenvalue weighted by Crippen LogP contribution is 2.22. The van der Waals surface area contributed by atoms with Crippen molar-refractivity contribution < 1.29 is 19.1 Å². The maximum absolute atomic E-state index is 12.5. The van der Waals surface area contributed by atoms with Crippen molar-refractivity contribution in [3.8, 4) is 5.75 Å². The number of aryl methyl sites for hydroxylation is 2. The van der Waals surface area contributed by atoms with Crippen LogP contribution in [0.1, 0.15) is 58.2 Å². The molecule has 3 amide bonds. The number of carbonyl (C=O) groups excluding carboxylic acids is 3. The van der Waals surface area contributed by atoms with Crippen LogP contribution < -0.4 is 20.9 Å². The molecule has 7 heteroatoms. The molecule has 3 aromatic rings. The molecule has 0 spiro atoms. The van der Waals surface area contributed by atoms with E-state index in [9.17, 15) is 14.4 Å². The Labute approximate surface area is 205 Å². The average Bonchev–Trinajstić information content (AvgIpc) is 2.80. The highest BCUT2D eigenvalue weighted by Gasteiger charge is 2.15. The number of hydrazine groups is 1. The van der Waals surface area contributed by atoms with E-state index in [1.165, 1.54) is 0 Å². The third-order valence-electron chi connectivity index (χ3n) is 5.30. The monoisotopic (exact) mass is 473 g/mol. The molecule has 0 heterocycles. The van der Waals surface area contributed by atoms with Crippen LogP contribution in [-0.2, 0) is 10.2 Å². The Morgan fingerprint density at radius 1 is 0.743 bits per heavy atom. The zero-order valence-corrected chi connectivity index (χ0v) is 20.7.